The van der Waals surface area contributed by atoms with E-state index in [4.69, 9.17) is 4.74 Å². The molecule has 0 saturated heterocycles. The molecule has 0 bridgehead atoms. The molecule has 0 fully saturated rings. The first-order valence-corrected chi connectivity index (χ1v) is 8.96. The number of carbonyl (C=O) groups is 1. The van der Waals surface area contributed by atoms with Gasteiger partial charge < -0.3 is 10.1 Å². The van der Waals surface area contributed by atoms with E-state index in [1.807, 2.05) is 30.3 Å². The second-order valence-corrected chi connectivity index (χ2v) is 6.56. The van der Waals surface area contributed by atoms with Crippen molar-refractivity contribution >= 4 is 5.91 Å². The number of aromatic nitrogens is 2. The van der Waals surface area contributed by atoms with Crippen LogP contribution in [0.1, 0.15) is 28.5 Å². The lowest BCUT2D eigenvalue weighted by Gasteiger charge is -2.24. The van der Waals surface area contributed by atoms with Gasteiger partial charge in [0, 0.05) is 18.7 Å². The zero-order chi connectivity index (χ0) is 18.6. The monoisotopic (exact) mass is 365 g/mol. The third-order valence-corrected chi connectivity index (χ3v) is 4.66. The topological polar surface area (TPSA) is 56.1 Å². The number of halogens is 1. The summed E-state index contributed by atoms with van der Waals surface area (Å²) in [4.78, 5) is 12.2. The van der Waals surface area contributed by atoms with Crippen molar-refractivity contribution in [2.45, 2.75) is 19.1 Å². The van der Waals surface area contributed by atoms with E-state index < -0.39 is 0 Å². The molecule has 1 aromatic heterocycles. The van der Waals surface area contributed by atoms with Crippen molar-refractivity contribution in [2.75, 3.05) is 13.2 Å². The summed E-state index contributed by atoms with van der Waals surface area (Å²) in [5.74, 6) is -0.439. The Labute approximate surface area is 156 Å². The Hall–Kier alpha value is -2.99. The van der Waals surface area contributed by atoms with E-state index >= 15 is 0 Å². The van der Waals surface area contributed by atoms with E-state index in [0.717, 1.165) is 17.5 Å². The van der Waals surface area contributed by atoms with Crippen LogP contribution in [0, 0.1) is 5.82 Å². The molecule has 2 heterocycles. The van der Waals surface area contributed by atoms with Crippen molar-refractivity contribution in [3.63, 3.8) is 0 Å². The summed E-state index contributed by atoms with van der Waals surface area (Å²) < 4.78 is 20.7. The van der Waals surface area contributed by atoms with Gasteiger partial charge >= 0.3 is 0 Å². The maximum Gasteiger partial charge on any atom is 0.269 e. The molecule has 138 valence electrons. The minimum atomic E-state index is -0.297. The van der Waals surface area contributed by atoms with Gasteiger partial charge in [-0.15, -0.1) is 0 Å². The Kier molecular flexibility index (Phi) is 4.98. The molecule has 0 saturated carbocycles. The number of rotatable bonds is 6. The van der Waals surface area contributed by atoms with Crippen LogP contribution in [0.3, 0.4) is 0 Å². The highest BCUT2D eigenvalue weighted by atomic mass is 19.1. The highest BCUT2D eigenvalue weighted by Gasteiger charge is 2.27. The van der Waals surface area contributed by atoms with Crippen LogP contribution in [0.15, 0.2) is 60.7 Å². The summed E-state index contributed by atoms with van der Waals surface area (Å²) >= 11 is 0. The average Bonchev–Trinajstić information content (AvgIpc) is 3.15. The maximum atomic E-state index is 13.1. The van der Waals surface area contributed by atoms with Gasteiger partial charge in [0.1, 0.15) is 11.5 Å². The molecule has 1 unspecified atom stereocenters. The van der Waals surface area contributed by atoms with Gasteiger partial charge in [-0.25, -0.2) is 4.39 Å². The van der Waals surface area contributed by atoms with Gasteiger partial charge in [0.25, 0.3) is 5.91 Å². The van der Waals surface area contributed by atoms with E-state index in [1.54, 1.807) is 22.9 Å². The lowest BCUT2D eigenvalue weighted by atomic mass is 10.1. The van der Waals surface area contributed by atoms with Crippen molar-refractivity contribution < 1.29 is 13.9 Å². The molecular formula is C21H20FN3O2. The number of nitrogens with one attached hydrogen (secondary N) is 1. The fourth-order valence-electron chi connectivity index (χ4n) is 3.20. The van der Waals surface area contributed by atoms with Crippen molar-refractivity contribution in [3.05, 3.63) is 77.7 Å². The Morgan fingerprint density at radius 2 is 1.93 bits per heavy atom. The average molecular weight is 365 g/mol. The fourth-order valence-corrected chi connectivity index (χ4v) is 3.20. The molecular weight excluding hydrogens is 345 g/mol. The fraction of sp³-hybridized carbons (Fsp3) is 0.238. The summed E-state index contributed by atoms with van der Waals surface area (Å²) in [6, 6.07) is 17.9. The van der Waals surface area contributed by atoms with Crippen LogP contribution in [-0.4, -0.2) is 28.8 Å². The smallest absolute Gasteiger partial charge is 0.269 e. The highest BCUT2D eigenvalue weighted by Crippen LogP contribution is 2.25. The second-order valence-electron chi connectivity index (χ2n) is 6.56. The van der Waals surface area contributed by atoms with E-state index in [9.17, 15) is 9.18 Å². The summed E-state index contributed by atoms with van der Waals surface area (Å²) in [6.07, 6.45) is 0.741. The Balaban J connectivity index is 1.44. The largest absolute Gasteiger partial charge is 0.377 e. The molecule has 0 spiro atoms. The van der Waals surface area contributed by atoms with E-state index in [-0.39, 0.29) is 17.8 Å². The van der Waals surface area contributed by atoms with Crippen LogP contribution in [0.2, 0.25) is 0 Å². The summed E-state index contributed by atoms with van der Waals surface area (Å²) in [6.45, 7) is 1.65. The molecule has 27 heavy (non-hydrogen) atoms. The van der Waals surface area contributed by atoms with E-state index in [0.29, 0.717) is 31.1 Å². The first kappa shape index (κ1) is 17.4. The van der Waals surface area contributed by atoms with Crippen LogP contribution < -0.4 is 5.32 Å². The van der Waals surface area contributed by atoms with Gasteiger partial charge in [0.15, 0.2) is 0 Å². The van der Waals surface area contributed by atoms with Crippen molar-refractivity contribution in [3.8, 4) is 11.3 Å². The molecule has 1 aliphatic rings. The molecule has 6 heteroatoms. The molecule has 3 aromatic rings. The third kappa shape index (κ3) is 3.90. The van der Waals surface area contributed by atoms with E-state index in [2.05, 4.69) is 10.4 Å². The molecule has 1 atom stereocenters. The second kappa shape index (κ2) is 7.72. The Morgan fingerprint density at radius 3 is 2.70 bits per heavy atom. The molecule has 1 amide bonds. The minimum absolute atomic E-state index is 0.0303. The lowest BCUT2D eigenvalue weighted by molar-refractivity contribution is 0.0855. The number of benzene rings is 2. The molecule has 0 aliphatic carbocycles. The number of carbonyl (C=O) groups excluding carboxylic acids is 1. The number of fused-ring (bicyclic) bond motifs is 1. The molecule has 1 aliphatic heterocycles. The SMILES string of the molecule is O=C1NCC(CCOCc2ccccc2)n2nc(-c3ccc(F)cc3)cc21. The molecule has 1 N–H and O–H groups in total. The normalized spacial score (nSPS) is 16.0. The van der Waals surface area contributed by atoms with Crippen LogP contribution in [0.5, 0.6) is 0 Å². The van der Waals surface area contributed by atoms with Crippen LogP contribution >= 0.6 is 0 Å². The zero-order valence-corrected chi connectivity index (χ0v) is 14.8. The van der Waals surface area contributed by atoms with Crippen molar-refractivity contribution in [2.24, 2.45) is 0 Å². The van der Waals surface area contributed by atoms with Crippen LogP contribution in [-0.2, 0) is 11.3 Å². The molecule has 5 nitrogen and oxygen atoms in total. The van der Waals surface area contributed by atoms with Crippen LogP contribution in [0.25, 0.3) is 11.3 Å². The predicted octanol–water partition coefficient (Wildman–Crippen LogP) is 3.58. The lowest BCUT2D eigenvalue weighted by Crippen LogP contribution is -2.39. The van der Waals surface area contributed by atoms with Gasteiger partial charge in [-0.2, -0.15) is 5.10 Å². The van der Waals surface area contributed by atoms with Gasteiger partial charge in [-0.3, -0.25) is 9.48 Å². The molecule has 2 aromatic carbocycles. The van der Waals surface area contributed by atoms with E-state index in [1.165, 1.54) is 12.1 Å². The minimum Gasteiger partial charge on any atom is -0.377 e. The summed E-state index contributed by atoms with van der Waals surface area (Å²) in [5.41, 5.74) is 3.10. The number of nitrogens with zero attached hydrogens (tertiary/aromatic N) is 2. The van der Waals surface area contributed by atoms with Crippen molar-refractivity contribution in [1.82, 2.24) is 15.1 Å². The first-order chi connectivity index (χ1) is 13.2. The summed E-state index contributed by atoms with van der Waals surface area (Å²) in [7, 11) is 0. The summed E-state index contributed by atoms with van der Waals surface area (Å²) in [5, 5.41) is 7.50. The Morgan fingerprint density at radius 1 is 1.15 bits per heavy atom. The number of amides is 1. The van der Waals surface area contributed by atoms with Gasteiger partial charge in [0.05, 0.1) is 18.3 Å². The highest BCUT2D eigenvalue weighted by molar-refractivity contribution is 5.94. The zero-order valence-electron chi connectivity index (χ0n) is 14.8. The number of ether oxygens (including phenoxy) is 1. The van der Waals surface area contributed by atoms with Gasteiger partial charge in [0.2, 0.25) is 0 Å². The quantitative estimate of drug-likeness (QED) is 0.680. The number of hydrogen-bond donors (Lipinski definition) is 1. The maximum absolute atomic E-state index is 13.1. The number of hydrogen-bond acceptors (Lipinski definition) is 3. The molecule has 4 rings (SSSR count). The first-order valence-electron chi connectivity index (χ1n) is 8.96. The van der Waals surface area contributed by atoms with Gasteiger partial charge in [-0.05, 0) is 42.3 Å². The molecule has 0 radical (unpaired) electrons. The van der Waals surface area contributed by atoms with Crippen LogP contribution in [0.4, 0.5) is 4.39 Å². The Bertz CT molecular complexity index is 922. The third-order valence-electron chi connectivity index (χ3n) is 4.66. The van der Waals surface area contributed by atoms with Crippen molar-refractivity contribution in [1.29, 1.82) is 0 Å². The predicted molar refractivity (Wildman–Crippen MR) is 99.7 cm³/mol. The van der Waals surface area contributed by atoms with Gasteiger partial charge in [-0.1, -0.05) is 30.3 Å². The standard InChI is InChI=1S/C21H20FN3O2/c22-17-8-6-16(7-9-17)19-12-20-21(26)23-13-18(25(20)24-19)10-11-27-14-15-4-2-1-3-5-15/h1-9,12,18H,10-11,13-14H2,(H,23,26).